The van der Waals surface area contributed by atoms with Crippen molar-refractivity contribution in [3.05, 3.63) is 35.4 Å². The van der Waals surface area contributed by atoms with Gasteiger partial charge in [0.25, 0.3) is 11.8 Å². The molecule has 3 heterocycles. The maximum absolute atomic E-state index is 12.6. The number of hydrogen-bond acceptors (Lipinski definition) is 12. The third-order valence-electron chi connectivity index (χ3n) is 5.36. The first-order valence-electron chi connectivity index (χ1n) is 11.7. The van der Waals surface area contributed by atoms with Gasteiger partial charge in [0.2, 0.25) is 5.71 Å². The molecule has 232 valence electrons. The second-order valence-electron chi connectivity index (χ2n) is 8.22. The van der Waals surface area contributed by atoms with Crippen molar-refractivity contribution in [1.29, 1.82) is 0 Å². The summed E-state index contributed by atoms with van der Waals surface area (Å²) >= 11 is 1.21. The molecular weight excluding hydrogens is 584 g/mol. The van der Waals surface area contributed by atoms with E-state index in [1.165, 1.54) is 31.2 Å². The second-order valence-corrected chi connectivity index (χ2v) is 9.32. The number of thioether (sulfide) groups is 1. The Bertz CT molecular complexity index is 1230. The first-order valence-corrected chi connectivity index (χ1v) is 12.8. The Morgan fingerprint density at radius 1 is 1.26 bits per heavy atom. The molecule has 0 saturated carbocycles. The molecule has 13 N–H and O–H groups in total. The van der Waals surface area contributed by atoms with Crippen LogP contribution in [0.4, 0.5) is 4.79 Å². The van der Waals surface area contributed by atoms with Gasteiger partial charge in [-0.05, 0) is 25.0 Å². The lowest BCUT2D eigenvalue weighted by Crippen LogP contribution is -2.71. The van der Waals surface area contributed by atoms with E-state index in [1.807, 2.05) is 0 Å². The van der Waals surface area contributed by atoms with Crippen LogP contribution < -0.4 is 28.3 Å². The molecule has 3 amide bonds. The van der Waals surface area contributed by atoms with Crippen molar-refractivity contribution in [3.8, 4) is 0 Å². The van der Waals surface area contributed by atoms with Crippen LogP contribution in [0.5, 0.6) is 0 Å². The predicted octanol–water partition coefficient (Wildman–Crippen LogP) is -2.91. The van der Waals surface area contributed by atoms with Crippen LogP contribution in [0, 0.1) is 0 Å². The molecule has 3 atom stereocenters. The molecule has 19 nitrogen and oxygen atoms in total. The molecule has 0 radical (unpaired) electrons. The lowest BCUT2D eigenvalue weighted by molar-refractivity contribution is -0.150. The number of nitrogens with one attached hydrogen (secondary N) is 1. The molecule has 3 rings (SSSR count). The lowest BCUT2D eigenvalue weighted by atomic mass is 10.0. The smallest absolute Gasteiger partial charge is 0.404 e. The molecule has 0 spiro atoms. The van der Waals surface area contributed by atoms with Crippen LogP contribution in [0.15, 0.2) is 44.2 Å². The Morgan fingerprint density at radius 2 is 1.95 bits per heavy atom. The number of aliphatic imine (C=N–C) groups is 1. The topological polar surface area (TPSA) is 333 Å². The highest BCUT2D eigenvalue weighted by Crippen LogP contribution is 2.40. The SMILES string of the molecule is CO/N=C(/C(=O)N[C@@H]1C(=O)N2C(C(=O)O)=C(COC(N)=O)CS[C@H]12)c1ccco1.NC(N)=NCCC[C@H](N)C(=O)O.O. The minimum atomic E-state index is -1.35. The zero-order valence-corrected chi connectivity index (χ0v) is 23.0. The quantitative estimate of drug-likeness (QED) is 0.0407. The molecule has 2 aliphatic heterocycles. The zero-order valence-electron chi connectivity index (χ0n) is 22.2. The number of carbonyl (C=O) groups is 5. The van der Waals surface area contributed by atoms with Gasteiger partial charge >= 0.3 is 18.0 Å². The number of oxime groups is 1. The molecule has 0 unspecified atom stereocenters. The van der Waals surface area contributed by atoms with Crippen LogP contribution in [0.25, 0.3) is 0 Å². The number of carbonyl (C=O) groups excluding carboxylic acids is 3. The molecule has 42 heavy (non-hydrogen) atoms. The summed E-state index contributed by atoms with van der Waals surface area (Å²) in [6, 6.07) is 1.26. The van der Waals surface area contributed by atoms with Gasteiger partial charge in [-0.25, -0.2) is 9.59 Å². The number of nitrogens with two attached hydrogens (primary N) is 4. The molecule has 1 aromatic rings. The maximum Gasteiger partial charge on any atom is 0.404 e. The van der Waals surface area contributed by atoms with Gasteiger partial charge in [0, 0.05) is 17.9 Å². The van der Waals surface area contributed by atoms with E-state index in [-0.39, 0.29) is 46.5 Å². The van der Waals surface area contributed by atoms with Crippen molar-refractivity contribution in [1.82, 2.24) is 10.2 Å². The van der Waals surface area contributed by atoms with E-state index < -0.39 is 47.3 Å². The number of ether oxygens (including phenoxy) is 1. The van der Waals surface area contributed by atoms with Gasteiger partial charge in [-0.15, -0.1) is 11.8 Å². The van der Waals surface area contributed by atoms with E-state index >= 15 is 0 Å². The third kappa shape index (κ3) is 9.38. The number of fused-ring (bicyclic) bond motifs is 1. The Hall–Kier alpha value is -4.82. The number of guanidine groups is 1. The monoisotopic (exact) mass is 616 g/mol. The number of amides is 3. The number of primary amides is 1. The number of aliphatic carboxylic acids is 2. The van der Waals surface area contributed by atoms with Crippen LogP contribution >= 0.6 is 11.8 Å². The summed E-state index contributed by atoms with van der Waals surface area (Å²) in [6.45, 7) is 0.0734. The molecule has 2 aliphatic rings. The van der Waals surface area contributed by atoms with Gasteiger partial charge in [-0.1, -0.05) is 5.16 Å². The van der Waals surface area contributed by atoms with Crippen molar-refractivity contribution < 1.29 is 53.7 Å². The van der Waals surface area contributed by atoms with Gasteiger partial charge in [0.1, 0.15) is 36.9 Å². The summed E-state index contributed by atoms with van der Waals surface area (Å²) in [5, 5.41) is 23.4. The molecule has 20 heteroatoms. The third-order valence-corrected chi connectivity index (χ3v) is 6.70. The van der Waals surface area contributed by atoms with Gasteiger partial charge < -0.3 is 57.9 Å². The number of nitrogens with zero attached hydrogens (tertiary/aromatic N) is 3. The van der Waals surface area contributed by atoms with E-state index in [0.29, 0.717) is 19.4 Å². The molecule has 0 bridgehead atoms. The summed E-state index contributed by atoms with van der Waals surface area (Å²) in [5.41, 5.74) is 20.0. The summed E-state index contributed by atoms with van der Waals surface area (Å²) in [4.78, 5) is 67.2. The largest absolute Gasteiger partial charge is 0.480 e. The minimum absolute atomic E-state index is 0. The van der Waals surface area contributed by atoms with Gasteiger partial charge in [-0.3, -0.25) is 24.3 Å². The zero-order chi connectivity index (χ0) is 30.7. The summed E-state index contributed by atoms with van der Waals surface area (Å²) in [5.74, 6) is -3.37. The van der Waals surface area contributed by atoms with E-state index in [4.69, 9.17) is 32.5 Å². The number of hydrogen-bond donors (Lipinski definition) is 7. The summed E-state index contributed by atoms with van der Waals surface area (Å²) in [6.07, 6.45) is 1.25. The number of furan rings is 1. The van der Waals surface area contributed by atoms with Crippen LogP contribution in [0.3, 0.4) is 0 Å². The molecule has 0 aliphatic carbocycles. The molecule has 0 aromatic carbocycles. The Kier molecular flexibility index (Phi) is 13.8. The predicted molar refractivity (Wildman–Crippen MR) is 147 cm³/mol. The van der Waals surface area contributed by atoms with Crippen LogP contribution in [-0.2, 0) is 28.8 Å². The van der Waals surface area contributed by atoms with E-state index in [1.54, 1.807) is 6.07 Å². The fourth-order valence-electron chi connectivity index (χ4n) is 3.51. The highest BCUT2D eigenvalue weighted by atomic mass is 32.2. The molecule has 1 saturated heterocycles. The molecule has 1 aromatic heterocycles. The normalized spacial score (nSPS) is 18.1. The fourth-order valence-corrected chi connectivity index (χ4v) is 4.84. The van der Waals surface area contributed by atoms with Crippen LogP contribution in [-0.4, -0.2) is 106 Å². The summed E-state index contributed by atoms with van der Waals surface area (Å²) in [7, 11) is 1.25. The first-order chi connectivity index (χ1) is 19.4. The standard InChI is InChI=1S/C16H16N4O8S.C6H14N4O2.H2O/c1-26-19-9(8-3-2-4-27-8)12(21)18-10-13(22)20-11(15(23)24)7(5-28-16(17)25)6-29-14(10)20;7-4(5(11)12)2-1-3-10-6(8)9;/h2-4,10,14H,5-6H2,1H3,(H2,17,25)(H,18,21)(H,23,24);4H,1-3,7H2,(H,11,12)(H4,8,9,10);1H2/b19-9+;;/t10-,14-;4-;/m10./s1. The number of rotatable bonds is 12. The highest BCUT2D eigenvalue weighted by Gasteiger charge is 2.54. The van der Waals surface area contributed by atoms with Crippen LogP contribution in [0.1, 0.15) is 18.6 Å². The van der Waals surface area contributed by atoms with Crippen molar-refractivity contribution in [2.75, 3.05) is 26.0 Å². The average Bonchev–Trinajstić information content (AvgIpc) is 3.45. The number of carboxylic acid groups (broad SMARTS) is 2. The van der Waals surface area contributed by atoms with Gasteiger partial charge in [-0.2, -0.15) is 0 Å². The minimum Gasteiger partial charge on any atom is -0.480 e. The summed E-state index contributed by atoms with van der Waals surface area (Å²) < 4.78 is 9.79. The molecular formula is C22H32N8O11S. The fraction of sp³-hybridized carbons (Fsp3) is 0.409. The number of carboxylic acids is 2. The van der Waals surface area contributed by atoms with E-state index in [0.717, 1.165) is 4.90 Å². The Labute approximate surface area is 242 Å². The average molecular weight is 617 g/mol. The van der Waals surface area contributed by atoms with Crippen molar-refractivity contribution >= 4 is 53.3 Å². The molecule has 1 fully saturated rings. The van der Waals surface area contributed by atoms with E-state index in [9.17, 15) is 29.1 Å². The second kappa shape index (κ2) is 16.4. The van der Waals surface area contributed by atoms with Gasteiger partial charge in [0.15, 0.2) is 11.7 Å². The Balaban J connectivity index is 0.000000578. The first kappa shape index (κ1) is 35.2. The van der Waals surface area contributed by atoms with Crippen LogP contribution in [0.2, 0.25) is 0 Å². The lowest BCUT2D eigenvalue weighted by Gasteiger charge is -2.49. The van der Waals surface area contributed by atoms with Gasteiger partial charge in [0.05, 0.1) is 6.26 Å². The maximum atomic E-state index is 12.6. The Morgan fingerprint density at radius 3 is 2.48 bits per heavy atom. The number of β-lactam (4-membered cyclic amide) rings is 1. The van der Waals surface area contributed by atoms with Crippen molar-refractivity contribution in [2.45, 2.75) is 30.3 Å². The van der Waals surface area contributed by atoms with Crippen molar-refractivity contribution in [3.63, 3.8) is 0 Å². The highest BCUT2D eigenvalue weighted by molar-refractivity contribution is 8.00. The van der Waals surface area contributed by atoms with Crippen molar-refractivity contribution in [2.24, 2.45) is 33.1 Å². The van der Waals surface area contributed by atoms with E-state index in [2.05, 4.69) is 25.0 Å².